The molecule has 0 aliphatic rings. The van der Waals surface area contributed by atoms with E-state index in [9.17, 15) is 9.59 Å². The monoisotopic (exact) mass is 250 g/mol. The maximum absolute atomic E-state index is 11.9. The van der Waals surface area contributed by atoms with Crippen LogP contribution in [0.1, 0.15) is 29.9 Å². The van der Waals surface area contributed by atoms with Gasteiger partial charge in [0.05, 0.1) is 0 Å². The van der Waals surface area contributed by atoms with Crippen molar-refractivity contribution in [3.63, 3.8) is 0 Å². The zero-order valence-corrected chi connectivity index (χ0v) is 10.8. The Labute approximate surface area is 106 Å². The summed E-state index contributed by atoms with van der Waals surface area (Å²) in [6.45, 7) is 3.54. The normalized spacial score (nSPS) is 11.7. The molecule has 1 aromatic rings. The van der Waals surface area contributed by atoms with Gasteiger partial charge < -0.3 is 16.4 Å². The number of nitrogen functional groups attached to an aromatic ring is 1. The molecule has 1 rings (SSSR count). The number of carbonyl (C=O) groups is 2. The summed E-state index contributed by atoms with van der Waals surface area (Å²) >= 11 is 0. The Morgan fingerprint density at radius 1 is 1.44 bits per heavy atom. The van der Waals surface area contributed by atoms with Crippen LogP contribution in [0.2, 0.25) is 0 Å². The van der Waals surface area contributed by atoms with E-state index < -0.39 is 6.04 Å². The number of nitrogens with one attached hydrogen (secondary N) is 2. The number of aromatic nitrogens is 1. The summed E-state index contributed by atoms with van der Waals surface area (Å²) in [6.07, 6.45) is 0.691. The summed E-state index contributed by atoms with van der Waals surface area (Å²) in [5, 5.41) is 5.06. The van der Waals surface area contributed by atoms with E-state index in [1.54, 1.807) is 13.0 Å². The molecule has 6 nitrogen and oxygen atoms in total. The Kier molecular flexibility index (Phi) is 4.65. The van der Waals surface area contributed by atoms with Crippen LogP contribution in [-0.2, 0) is 11.2 Å². The fraction of sp³-hybridized carbons (Fsp3) is 0.417. The van der Waals surface area contributed by atoms with Crippen LogP contribution in [0.25, 0.3) is 0 Å². The van der Waals surface area contributed by atoms with Gasteiger partial charge in [0.25, 0.3) is 5.91 Å². The molecule has 0 spiro atoms. The first-order valence-electron chi connectivity index (χ1n) is 5.76. The number of anilines is 1. The molecule has 0 radical (unpaired) electrons. The van der Waals surface area contributed by atoms with Gasteiger partial charge >= 0.3 is 0 Å². The molecule has 4 N–H and O–H groups in total. The van der Waals surface area contributed by atoms with Crippen molar-refractivity contribution in [2.24, 2.45) is 0 Å². The molecule has 1 atom stereocenters. The molecule has 0 aromatic carbocycles. The average Bonchev–Trinajstić information content (AvgIpc) is 2.36. The SMILES string of the molecule is CCc1cc(C(=O)NC(C)C(=O)NC)cc(N)n1. The highest BCUT2D eigenvalue weighted by Crippen LogP contribution is 2.08. The van der Waals surface area contributed by atoms with Crippen LogP contribution >= 0.6 is 0 Å². The molecule has 0 bridgehead atoms. The molecule has 1 aromatic heterocycles. The largest absolute Gasteiger partial charge is 0.384 e. The topological polar surface area (TPSA) is 97.1 Å². The molecule has 0 aliphatic carbocycles. The lowest BCUT2D eigenvalue weighted by molar-refractivity contribution is -0.122. The van der Waals surface area contributed by atoms with Crippen LogP contribution in [0, 0.1) is 0 Å². The first-order valence-corrected chi connectivity index (χ1v) is 5.76. The van der Waals surface area contributed by atoms with Gasteiger partial charge in [-0.3, -0.25) is 9.59 Å². The van der Waals surface area contributed by atoms with Crippen molar-refractivity contribution in [3.05, 3.63) is 23.4 Å². The van der Waals surface area contributed by atoms with E-state index in [4.69, 9.17) is 5.73 Å². The molecule has 0 saturated heterocycles. The lowest BCUT2D eigenvalue weighted by atomic mass is 10.1. The zero-order chi connectivity index (χ0) is 13.7. The van der Waals surface area contributed by atoms with Gasteiger partial charge in [-0.05, 0) is 25.5 Å². The van der Waals surface area contributed by atoms with Crippen molar-refractivity contribution >= 4 is 17.6 Å². The quantitative estimate of drug-likeness (QED) is 0.705. The van der Waals surface area contributed by atoms with E-state index in [0.29, 0.717) is 17.8 Å². The lowest BCUT2D eigenvalue weighted by Gasteiger charge is -2.12. The van der Waals surface area contributed by atoms with Crippen LogP contribution in [0.15, 0.2) is 12.1 Å². The van der Waals surface area contributed by atoms with Crippen LogP contribution in [0.5, 0.6) is 0 Å². The molecule has 1 unspecified atom stereocenters. The van der Waals surface area contributed by atoms with Crippen molar-refractivity contribution in [1.29, 1.82) is 0 Å². The van der Waals surface area contributed by atoms with E-state index in [0.717, 1.165) is 5.69 Å². The standard InChI is InChI=1S/C12H18N4O2/c1-4-9-5-8(6-10(13)16-9)12(18)15-7(2)11(17)14-3/h5-7H,4H2,1-3H3,(H2,13,16)(H,14,17)(H,15,18). The number of nitrogens with two attached hydrogens (primary N) is 1. The number of hydrogen-bond donors (Lipinski definition) is 3. The van der Waals surface area contributed by atoms with Crippen molar-refractivity contribution < 1.29 is 9.59 Å². The second-order valence-electron chi connectivity index (χ2n) is 3.93. The molecule has 0 saturated carbocycles. The number of likely N-dealkylation sites (N-methyl/N-ethyl adjacent to an activating group) is 1. The summed E-state index contributed by atoms with van der Waals surface area (Å²) in [6, 6.07) is 2.56. The van der Waals surface area contributed by atoms with Gasteiger partial charge in [-0.1, -0.05) is 6.92 Å². The Morgan fingerprint density at radius 2 is 2.11 bits per heavy atom. The van der Waals surface area contributed by atoms with Crippen LogP contribution in [-0.4, -0.2) is 29.9 Å². The smallest absolute Gasteiger partial charge is 0.252 e. The number of hydrogen-bond acceptors (Lipinski definition) is 4. The predicted molar refractivity (Wildman–Crippen MR) is 69.0 cm³/mol. The van der Waals surface area contributed by atoms with Gasteiger partial charge in [-0.2, -0.15) is 0 Å². The summed E-state index contributed by atoms with van der Waals surface area (Å²) in [5.74, 6) is -0.289. The first-order chi connectivity index (χ1) is 8.47. The summed E-state index contributed by atoms with van der Waals surface area (Å²) < 4.78 is 0. The predicted octanol–water partition coefficient (Wildman–Crippen LogP) is 0.0905. The van der Waals surface area contributed by atoms with E-state index in [-0.39, 0.29) is 11.8 Å². The Balaban J connectivity index is 2.84. The molecule has 18 heavy (non-hydrogen) atoms. The Hall–Kier alpha value is -2.11. The highest BCUT2D eigenvalue weighted by Gasteiger charge is 2.16. The summed E-state index contributed by atoms with van der Waals surface area (Å²) in [7, 11) is 1.52. The molecule has 1 heterocycles. The summed E-state index contributed by atoms with van der Waals surface area (Å²) in [5.41, 5.74) is 6.77. The fourth-order valence-corrected chi connectivity index (χ4v) is 1.49. The third-order valence-corrected chi connectivity index (χ3v) is 2.51. The number of nitrogens with zero attached hydrogens (tertiary/aromatic N) is 1. The minimum absolute atomic E-state index is 0.249. The first kappa shape index (κ1) is 14.0. The van der Waals surface area contributed by atoms with Gasteiger partial charge in [0, 0.05) is 18.3 Å². The molecular weight excluding hydrogens is 232 g/mol. The summed E-state index contributed by atoms with van der Waals surface area (Å²) in [4.78, 5) is 27.3. The Bertz CT molecular complexity index is 459. The number of rotatable bonds is 4. The average molecular weight is 250 g/mol. The van der Waals surface area contributed by atoms with E-state index >= 15 is 0 Å². The highest BCUT2D eigenvalue weighted by molar-refractivity contribution is 5.97. The third-order valence-electron chi connectivity index (χ3n) is 2.51. The molecule has 2 amide bonds. The maximum atomic E-state index is 11.9. The van der Waals surface area contributed by atoms with Crippen molar-refractivity contribution in [2.45, 2.75) is 26.3 Å². The van der Waals surface area contributed by atoms with Crippen molar-refractivity contribution in [3.8, 4) is 0 Å². The second kappa shape index (κ2) is 6.00. The molecule has 0 fully saturated rings. The molecule has 6 heteroatoms. The zero-order valence-electron chi connectivity index (χ0n) is 10.8. The van der Waals surface area contributed by atoms with Gasteiger partial charge in [0.2, 0.25) is 5.91 Å². The number of amides is 2. The third kappa shape index (κ3) is 3.44. The van der Waals surface area contributed by atoms with E-state index in [2.05, 4.69) is 15.6 Å². The number of aryl methyl sites for hydroxylation is 1. The van der Waals surface area contributed by atoms with Crippen LogP contribution < -0.4 is 16.4 Å². The Morgan fingerprint density at radius 3 is 2.67 bits per heavy atom. The molecular formula is C12H18N4O2. The van der Waals surface area contributed by atoms with E-state index in [1.165, 1.54) is 13.1 Å². The van der Waals surface area contributed by atoms with Gasteiger partial charge in [-0.15, -0.1) is 0 Å². The van der Waals surface area contributed by atoms with Crippen LogP contribution in [0.3, 0.4) is 0 Å². The van der Waals surface area contributed by atoms with Gasteiger partial charge in [0.1, 0.15) is 11.9 Å². The van der Waals surface area contributed by atoms with Gasteiger partial charge in [-0.25, -0.2) is 4.98 Å². The minimum atomic E-state index is -0.595. The van der Waals surface area contributed by atoms with E-state index in [1.807, 2.05) is 6.92 Å². The molecule has 98 valence electrons. The number of carbonyl (C=O) groups excluding carboxylic acids is 2. The number of pyridine rings is 1. The van der Waals surface area contributed by atoms with Gasteiger partial charge in [0.15, 0.2) is 0 Å². The lowest BCUT2D eigenvalue weighted by Crippen LogP contribution is -2.43. The fourth-order valence-electron chi connectivity index (χ4n) is 1.49. The minimum Gasteiger partial charge on any atom is -0.384 e. The van der Waals surface area contributed by atoms with Crippen molar-refractivity contribution in [1.82, 2.24) is 15.6 Å². The maximum Gasteiger partial charge on any atom is 0.252 e. The highest BCUT2D eigenvalue weighted by atomic mass is 16.2. The second-order valence-corrected chi connectivity index (χ2v) is 3.93. The van der Waals surface area contributed by atoms with Crippen LogP contribution in [0.4, 0.5) is 5.82 Å². The van der Waals surface area contributed by atoms with Crippen molar-refractivity contribution in [2.75, 3.05) is 12.8 Å². The molecule has 0 aliphatic heterocycles.